The van der Waals surface area contributed by atoms with E-state index in [1.807, 2.05) is 20.8 Å². The van der Waals surface area contributed by atoms with E-state index in [0.717, 1.165) is 19.3 Å². The molecule has 0 radical (unpaired) electrons. The van der Waals surface area contributed by atoms with Gasteiger partial charge in [0.25, 0.3) is 0 Å². The fourth-order valence-electron chi connectivity index (χ4n) is 2.17. The van der Waals surface area contributed by atoms with E-state index >= 15 is 0 Å². The van der Waals surface area contributed by atoms with Crippen molar-refractivity contribution >= 4 is 6.09 Å². The van der Waals surface area contributed by atoms with Crippen molar-refractivity contribution in [2.24, 2.45) is 11.6 Å². The Bertz CT molecular complexity index is 365. The standard InChI is InChI=1S/C13H26N4O3/c1-13(2,3)20-12(19)16-10-4-5-11(6-10)17(15)7-9(14)8-18/h7,10-11,18H,4-6,8,14-15H2,1-3H3,(H,16,19)/b9-7-. The van der Waals surface area contributed by atoms with Crippen LogP contribution in [0.3, 0.4) is 0 Å². The number of nitrogens with two attached hydrogens (primary N) is 2. The van der Waals surface area contributed by atoms with Crippen molar-refractivity contribution in [3.05, 3.63) is 11.9 Å². The molecule has 0 bridgehead atoms. The van der Waals surface area contributed by atoms with E-state index in [0.29, 0.717) is 5.70 Å². The molecule has 0 aromatic heterocycles. The highest BCUT2D eigenvalue weighted by Crippen LogP contribution is 2.23. The molecule has 7 heteroatoms. The summed E-state index contributed by atoms with van der Waals surface area (Å²) in [6.07, 6.45) is 3.54. The van der Waals surface area contributed by atoms with Gasteiger partial charge in [-0.25, -0.2) is 10.6 Å². The van der Waals surface area contributed by atoms with Gasteiger partial charge in [-0.3, -0.25) is 0 Å². The fourth-order valence-corrected chi connectivity index (χ4v) is 2.17. The van der Waals surface area contributed by atoms with Gasteiger partial charge in [0.05, 0.1) is 12.3 Å². The molecule has 1 aliphatic carbocycles. The molecule has 0 aliphatic heterocycles. The Morgan fingerprint density at radius 3 is 2.70 bits per heavy atom. The number of hydrogen-bond donors (Lipinski definition) is 4. The number of amides is 1. The van der Waals surface area contributed by atoms with Crippen LogP contribution in [0.5, 0.6) is 0 Å². The Balaban J connectivity index is 2.42. The van der Waals surface area contributed by atoms with Gasteiger partial charge in [-0.2, -0.15) is 0 Å². The smallest absolute Gasteiger partial charge is 0.407 e. The molecule has 7 nitrogen and oxygen atoms in total. The third kappa shape index (κ3) is 5.66. The van der Waals surface area contributed by atoms with Crippen LogP contribution < -0.4 is 16.9 Å². The molecular formula is C13H26N4O3. The predicted octanol–water partition coefficient (Wildman–Crippen LogP) is 0.400. The summed E-state index contributed by atoms with van der Waals surface area (Å²) in [5, 5.41) is 13.2. The Hall–Kier alpha value is -1.47. The van der Waals surface area contributed by atoms with E-state index in [1.54, 1.807) is 0 Å². The van der Waals surface area contributed by atoms with Crippen molar-refractivity contribution in [2.45, 2.75) is 57.7 Å². The lowest BCUT2D eigenvalue weighted by Gasteiger charge is -2.24. The molecule has 0 spiro atoms. The number of aliphatic hydroxyl groups excluding tert-OH is 1. The van der Waals surface area contributed by atoms with Gasteiger partial charge in [0.2, 0.25) is 0 Å². The highest BCUT2D eigenvalue weighted by molar-refractivity contribution is 5.68. The molecule has 1 rings (SSSR count). The van der Waals surface area contributed by atoms with Crippen molar-refractivity contribution in [1.82, 2.24) is 10.3 Å². The van der Waals surface area contributed by atoms with Gasteiger partial charge >= 0.3 is 6.09 Å². The first-order valence-corrected chi connectivity index (χ1v) is 6.81. The summed E-state index contributed by atoms with van der Waals surface area (Å²) in [5.41, 5.74) is 5.34. The first-order valence-electron chi connectivity index (χ1n) is 6.81. The summed E-state index contributed by atoms with van der Waals surface area (Å²) >= 11 is 0. The summed E-state index contributed by atoms with van der Waals surface area (Å²) in [6, 6.07) is 0.143. The largest absolute Gasteiger partial charge is 0.444 e. The van der Waals surface area contributed by atoms with E-state index in [1.165, 1.54) is 11.2 Å². The molecule has 0 aromatic carbocycles. The Morgan fingerprint density at radius 2 is 2.15 bits per heavy atom. The van der Waals surface area contributed by atoms with Crippen LogP contribution in [-0.2, 0) is 4.74 Å². The minimum Gasteiger partial charge on any atom is -0.444 e. The minimum atomic E-state index is -0.500. The number of ether oxygens (including phenoxy) is 1. The maximum Gasteiger partial charge on any atom is 0.407 e. The second-order valence-electron chi connectivity index (χ2n) is 6.12. The molecule has 0 saturated heterocycles. The number of aliphatic hydroxyl groups is 1. The van der Waals surface area contributed by atoms with Gasteiger partial charge in [0, 0.05) is 18.3 Å². The van der Waals surface area contributed by atoms with Crippen LogP contribution in [0.2, 0.25) is 0 Å². The number of nitrogens with zero attached hydrogens (tertiary/aromatic N) is 1. The molecule has 1 fully saturated rings. The van der Waals surface area contributed by atoms with Crippen LogP contribution >= 0.6 is 0 Å². The zero-order valence-corrected chi connectivity index (χ0v) is 12.4. The molecule has 2 atom stereocenters. The molecule has 0 heterocycles. The van der Waals surface area contributed by atoms with Crippen molar-refractivity contribution < 1.29 is 14.6 Å². The van der Waals surface area contributed by atoms with Gasteiger partial charge < -0.3 is 25.9 Å². The van der Waals surface area contributed by atoms with Crippen molar-refractivity contribution in [1.29, 1.82) is 0 Å². The zero-order chi connectivity index (χ0) is 15.3. The highest BCUT2D eigenvalue weighted by atomic mass is 16.6. The number of hydrazine groups is 1. The quantitative estimate of drug-likeness (QED) is 0.439. The minimum absolute atomic E-state index is 0.0460. The predicted molar refractivity (Wildman–Crippen MR) is 76.2 cm³/mol. The second kappa shape index (κ2) is 6.81. The monoisotopic (exact) mass is 286 g/mol. The molecule has 116 valence electrons. The molecule has 1 saturated carbocycles. The second-order valence-corrected chi connectivity index (χ2v) is 6.12. The molecule has 20 heavy (non-hydrogen) atoms. The van der Waals surface area contributed by atoms with E-state index in [4.69, 9.17) is 21.4 Å². The zero-order valence-electron chi connectivity index (χ0n) is 12.4. The van der Waals surface area contributed by atoms with Gasteiger partial charge in [0.15, 0.2) is 0 Å². The van der Waals surface area contributed by atoms with Crippen LogP contribution in [0.25, 0.3) is 0 Å². The fraction of sp³-hybridized carbons (Fsp3) is 0.769. The normalized spacial score (nSPS) is 23.6. The number of rotatable bonds is 4. The van der Waals surface area contributed by atoms with Crippen molar-refractivity contribution in [3.8, 4) is 0 Å². The number of nitrogens with one attached hydrogen (secondary N) is 1. The number of hydrogen-bond acceptors (Lipinski definition) is 6. The average Bonchev–Trinajstić information content (AvgIpc) is 2.74. The number of carbonyl (C=O) groups is 1. The lowest BCUT2D eigenvalue weighted by molar-refractivity contribution is 0.0504. The maximum absolute atomic E-state index is 11.7. The lowest BCUT2D eigenvalue weighted by atomic mass is 10.2. The van der Waals surface area contributed by atoms with E-state index in [9.17, 15) is 4.79 Å². The molecule has 1 aliphatic rings. The Morgan fingerprint density at radius 1 is 1.50 bits per heavy atom. The third-order valence-electron chi connectivity index (χ3n) is 3.04. The first-order chi connectivity index (χ1) is 9.21. The Kier molecular flexibility index (Phi) is 5.64. The summed E-state index contributed by atoms with van der Waals surface area (Å²) in [7, 11) is 0. The SMILES string of the molecule is CC(C)(C)OC(=O)NC1CCC(N(N)/C=C(\N)CO)C1. The summed E-state index contributed by atoms with van der Waals surface area (Å²) < 4.78 is 5.22. The van der Waals surface area contributed by atoms with Crippen molar-refractivity contribution in [2.75, 3.05) is 6.61 Å². The van der Waals surface area contributed by atoms with Gasteiger partial charge in [-0.1, -0.05) is 0 Å². The van der Waals surface area contributed by atoms with E-state index in [2.05, 4.69) is 5.32 Å². The summed E-state index contributed by atoms with van der Waals surface area (Å²) in [5.74, 6) is 5.87. The first kappa shape index (κ1) is 16.6. The van der Waals surface area contributed by atoms with Gasteiger partial charge in [-0.15, -0.1) is 0 Å². The number of carbonyl (C=O) groups excluding carboxylic acids is 1. The van der Waals surface area contributed by atoms with E-state index < -0.39 is 11.7 Å². The van der Waals surface area contributed by atoms with Crippen LogP contribution in [0.1, 0.15) is 40.0 Å². The summed E-state index contributed by atoms with van der Waals surface area (Å²) in [6.45, 7) is 5.26. The third-order valence-corrected chi connectivity index (χ3v) is 3.04. The highest BCUT2D eigenvalue weighted by Gasteiger charge is 2.29. The molecule has 1 amide bonds. The topological polar surface area (TPSA) is 114 Å². The molecule has 6 N–H and O–H groups in total. The van der Waals surface area contributed by atoms with Gasteiger partial charge in [0.1, 0.15) is 5.60 Å². The maximum atomic E-state index is 11.7. The molecule has 2 unspecified atom stereocenters. The van der Waals surface area contributed by atoms with Crippen LogP contribution in [0.4, 0.5) is 4.79 Å². The van der Waals surface area contributed by atoms with Gasteiger partial charge in [-0.05, 0) is 40.0 Å². The summed E-state index contributed by atoms with van der Waals surface area (Å²) in [4.78, 5) is 11.7. The van der Waals surface area contributed by atoms with Crippen LogP contribution in [-0.4, -0.2) is 40.5 Å². The molecule has 0 aromatic rings. The molecular weight excluding hydrogens is 260 g/mol. The van der Waals surface area contributed by atoms with Crippen LogP contribution in [0, 0.1) is 0 Å². The lowest BCUT2D eigenvalue weighted by Crippen LogP contribution is -2.40. The Labute approximate surface area is 119 Å². The van der Waals surface area contributed by atoms with Crippen LogP contribution in [0.15, 0.2) is 11.9 Å². The number of alkyl carbamates (subject to hydrolysis) is 1. The van der Waals surface area contributed by atoms with Crippen molar-refractivity contribution in [3.63, 3.8) is 0 Å². The van der Waals surface area contributed by atoms with E-state index in [-0.39, 0.29) is 18.7 Å². The average molecular weight is 286 g/mol.